The minimum absolute atomic E-state index is 0.904. The van der Waals surface area contributed by atoms with Gasteiger partial charge in [-0.15, -0.1) is 0 Å². The Morgan fingerprint density at radius 2 is 0.769 bits per heavy atom. The molecule has 0 fully saturated rings. The van der Waals surface area contributed by atoms with E-state index in [9.17, 15) is 0 Å². The molecule has 0 aliphatic carbocycles. The van der Waals surface area contributed by atoms with Gasteiger partial charge in [-0.2, -0.15) is 0 Å². The first kappa shape index (κ1) is 31.2. The minimum atomic E-state index is 0.904. The smallest absolute Gasteiger partial charge is 0.0974 e. The van der Waals surface area contributed by atoms with E-state index in [0.29, 0.717) is 0 Å². The summed E-state index contributed by atoms with van der Waals surface area (Å²) in [6.45, 7) is 4.28. The van der Waals surface area contributed by atoms with E-state index in [1.807, 2.05) is 36.4 Å². The second kappa shape index (κ2) is 13.2. The molecule has 4 heteroatoms. The van der Waals surface area contributed by atoms with Gasteiger partial charge in [-0.05, 0) is 72.5 Å². The zero-order chi connectivity index (χ0) is 35.0. The molecule has 4 aromatic heterocycles. The number of fused-ring (bicyclic) bond motifs is 6. The summed E-state index contributed by atoms with van der Waals surface area (Å²) in [7, 11) is 0. The topological polar surface area (TPSA) is 51.6 Å². The van der Waals surface area contributed by atoms with Crippen LogP contribution < -0.4 is 0 Å². The molecule has 4 heterocycles. The molecule has 5 aromatic carbocycles. The first-order chi connectivity index (χ1) is 25.6. The fraction of sp³-hybridized carbons (Fsp3) is 0.0417. The number of pyridine rings is 4. The van der Waals surface area contributed by atoms with Gasteiger partial charge in [-0.3, -0.25) is 0 Å². The average molecular weight is 667 g/mol. The number of rotatable bonds is 6. The predicted molar refractivity (Wildman–Crippen MR) is 219 cm³/mol. The minimum Gasteiger partial charge on any atom is -0.246 e. The number of aryl methyl sites for hydroxylation is 2. The zero-order valence-electron chi connectivity index (χ0n) is 29.0. The summed E-state index contributed by atoms with van der Waals surface area (Å²) >= 11 is 0. The fourth-order valence-electron chi connectivity index (χ4n) is 6.93. The average Bonchev–Trinajstić information content (AvgIpc) is 3.19. The third-order valence-corrected chi connectivity index (χ3v) is 9.70. The van der Waals surface area contributed by atoms with Gasteiger partial charge in [0.1, 0.15) is 0 Å². The Bertz CT molecular complexity index is 2640. The lowest BCUT2D eigenvalue weighted by Crippen LogP contribution is -1.93. The Labute approximate surface area is 302 Å². The van der Waals surface area contributed by atoms with Crippen LogP contribution >= 0.6 is 0 Å². The van der Waals surface area contributed by atoms with E-state index in [4.69, 9.17) is 19.9 Å². The van der Waals surface area contributed by atoms with Gasteiger partial charge >= 0.3 is 0 Å². The van der Waals surface area contributed by atoms with Crippen LogP contribution in [0, 0.1) is 13.8 Å². The second-order valence-electron chi connectivity index (χ2n) is 13.3. The summed E-state index contributed by atoms with van der Waals surface area (Å²) in [6, 6.07) is 50.5. The van der Waals surface area contributed by atoms with E-state index in [0.717, 1.165) is 88.6 Å². The van der Waals surface area contributed by atoms with Crippen LogP contribution in [0.2, 0.25) is 0 Å². The first-order valence-electron chi connectivity index (χ1n) is 17.6. The lowest BCUT2D eigenvalue weighted by atomic mass is 10.0. The maximum atomic E-state index is 5.19. The number of nitrogens with zero attached hydrogens (tertiary/aromatic N) is 4. The van der Waals surface area contributed by atoms with Crippen molar-refractivity contribution in [1.29, 1.82) is 0 Å². The summed E-state index contributed by atoms with van der Waals surface area (Å²) in [5.41, 5.74) is 14.0. The Kier molecular flexibility index (Phi) is 7.90. The van der Waals surface area contributed by atoms with Crippen LogP contribution in [0.1, 0.15) is 33.6 Å². The number of benzene rings is 5. The highest BCUT2D eigenvalue weighted by atomic mass is 14.8. The van der Waals surface area contributed by atoms with E-state index in [-0.39, 0.29) is 0 Å². The normalized spacial score (nSPS) is 11.9. The standard InChI is InChI=1S/C48H34N4/c1-31-29-39(23-13-33-9-5-3-6-10-33)49-47-41(31)25-19-37-21-27-43(51-45(37)47)35-15-17-36(18-16-35)44-28-22-38-20-26-42-32(2)30-40(50-48(42)46(38)52-44)24-14-34-11-7-4-8-12-34/h3-30H,1-2H3/b23-13+,24-14+. The maximum absolute atomic E-state index is 5.19. The molecule has 246 valence electrons. The van der Waals surface area contributed by atoms with Crippen LogP contribution in [0.5, 0.6) is 0 Å². The SMILES string of the molecule is Cc1cc(/C=C/c2ccccc2)nc2c1ccc1ccc(-c3ccc(-c4ccc5ccc6c(C)cc(/C=C/c7ccccc7)nc6c5n4)cc3)nc12. The van der Waals surface area contributed by atoms with Gasteiger partial charge in [0, 0.05) is 32.7 Å². The molecule has 0 atom stereocenters. The summed E-state index contributed by atoms with van der Waals surface area (Å²) in [5.74, 6) is 0. The van der Waals surface area contributed by atoms with Crippen LogP contribution in [0.3, 0.4) is 0 Å². The van der Waals surface area contributed by atoms with Gasteiger partial charge in [-0.1, -0.05) is 133 Å². The third kappa shape index (κ3) is 6.01. The van der Waals surface area contributed by atoms with Gasteiger partial charge < -0.3 is 0 Å². The molecule has 0 bridgehead atoms. The lowest BCUT2D eigenvalue weighted by molar-refractivity contribution is 1.32. The molecule has 0 radical (unpaired) electrons. The molecular weight excluding hydrogens is 633 g/mol. The summed E-state index contributed by atoms with van der Waals surface area (Å²) in [5, 5.41) is 4.37. The molecule has 0 aliphatic heterocycles. The molecule has 0 saturated carbocycles. The van der Waals surface area contributed by atoms with Crippen molar-refractivity contribution in [3.8, 4) is 22.5 Å². The molecular formula is C48H34N4. The zero-order valence-corrected chi connectivity index (χ0v) is 29.0. The fourth-order valence-corrected chi connectivity index (χ4v) is 6.93. The van der Waals surface area contributed by atoms with Crippen molar-refractivity contribution in [3.05, 3.63) is 179 Å². The molecule has 4 nitrogen and oxygen atoms in total. The molecule has 0 amide bonds. The predicted octanol–water partition coefficient (Wildman–Crippen LogP) is 12.2. The highest BCUT2D eigenvalue weighted by molar-refractivity contribution is 6.06. The van der Waals surface area contributed by atoms with Crippen molar-refractivity contribution < 1.29 is 0 Å². The van der Waals surface area contributed by atoms with Gasteiger partial charge in [0.05, 0.1) is 44.8 Å². The highest BCUT2D eigenvalue weighted by Gasteiger charge is 2.12. The van der Waals surface area contributed by atoms with Crippen molar-refractivity contribution in [2.24, 2.45) is 0 Å². The van der Waals surface area contributed by atoms with Crippen molar-refractivity contribution in [3.63, 3.8) is 0 Å². The Hall–Kier alpha value is -6.78. The quantitative estimate of drug-likeness (QED) is 0.166. The van der Waals surface area contributed by atoms with E-state index < -0.39 is 0 Å². The van der Waals surface area contributed by atoms with E-state index in [2.05, 4.69) is 147 Å². The summed E-state index contributed by atoms with van der Waals surface area (Å²) in [6.07, 6.45) is 8.36. The maximum Gasteiger partial charge on any atom is 0.0974 e. The van der Waals surface area contributed by atoms with E-state index in [1.54, 1.807) is 0 Å². The largest absolute Gasteiger partial charge is 0.246 e. The van der Waals surface area contributed by atoms with Crippen molar-refractivity contribution in [2.75, 3.05) is 0 Å². The number of hydrogen-bond acceptors (Lipinski definition) is 4. The Morgan fingerprint density at radius 3 is 1.19 bits per heavy atom. The van der Waals surface area contributed by atoms with Crippen LogP contribution in [-0.4, -0.2) is 19.9 Å². The molecule has 0 spiro atoms. The molecule has 9 rings (SSSR count). The summed E-state index contributed by atoms with van der Waals surface area (Å²) < 4.78 is 0. The van der Waals surface area contributed by atoms with Crippen LogP contribution in [0.4, 0.5) is 0 Å². The molecule has 0 aliphatic rings. The van der Waals surface area contributed by atoms with Gasteiger partial charge in [-0.25, -0.2) is 19.9 Å². The Morgan fingerprint density at radius 1 is 0.365 bits per heavy atom. The second-order valence-corrected chi connectivity index (χ2v) is 13.3. The van der Waals surface area contributed by atoms with Gasteiger partial charge in [0.2, 0.25) is 0 Å². The molecule has 9 aromatic rings. The molecule has 0 saturated heterocycles. The lowest BCUT2D eigenvalue weighted by Gasteiger charge is -2.10. The monoisotopic (exact) mass is 666 g/mol. The Balaban J connectivity index is 1.06. The summed E-state index contributed by atoms with van der Waals surface area (Å²) in [4.78, 5) is 20.5. The van der Waals surface area contributed by atoms with E-state index >= 15 is 0 Å². The number of hydrogen-bond donors (Lipinski definition) is 0. The van der Waals surface area contributed by atoms with Crippen molar-refractivity contribution in [1.82, 2.24) is 19.9 Å². The van der Waals surface area contributed by atoms with E-state index in [1.165, 1.54) is 11.1 Å². The molecule has 0 N–H and O–H groups in total. The number of aromatic nitrogens is 4. The van der Waals surface area contributed by atoms with Crippen molar-refractivity contribution in [2.45, 2.75) is 13.8 Å². The van der Waals surface area contributed by atoms with Gasteiger partial charge in [0.15, 0.2) is 0 Å². The molecule has 52 heavy (non-hydrogen) atoms. The highest BCUT2D eigenvalue weighted by Crippen LogP contribution is 2.32. The van der Waals surface area contributed by atoms with Gasteiger partial charge in [0.25, 0.3) is 0 Å². The van der Waals surface area contributed by atoms with Crippen LogP contribution in [0.15, 0.2) is 146 Å². The molecule has 0 unspecified atom stereocenters. The third-order valence-electron chi connectivity index (χ3n) is 9.70. The van der Waals surface area contributed by atoms with Crippen LogP contribution in [0.25, 0.3) is 90.4 Å². The van der Waals surface area contributed by atoms with Crippen LogP contribution in [-0.2, 0) is 0 Å². The first-order valence-corrected chi connectivity index (χ1v) is 17.6. The van der Waals surface area contributed by atoms with Crippen molar-refractivity contribution >= 4 is 67.9 Å².